The van der Waals surface area contributed by atoms with E-state index < -0.39 is 10.7 Å². The van der Waals surface area contributed by atoms with E-state index in [1.54, 1.807) is 0 Å². The number of halogens is 1. The molecule has 1 aromatic carbocycles. The maximum atomic E-state index is 13.1. The fourth-order valence-corrected chi connectivity index (χ4v) is 1.95. The Morgan fingerprint density at radius 3 is 3.00 bits per heavy atom. The summed E-state index contributed by atoms with van der Waals surface area (Å²) in [5.41, 5.74) is 0.220. The Bertz CT molecular complexity index is 419. The van der Waals surface area contributed by atoms with E-state index in [1.165, 1.54) is 12.1 Å². The quantitative estimate of drug-likeness (QED) is 0.622. The van der Waals surface area contributed by atoms with Crippen LogP contribution in [0.2, 0.25) is 0 Å². The fraction of sp³-hybridized carbons (Fsp3) is 0.455. The SMILES string of the molecule is O=[N+]([O-])c1cc(F)cc(NCC2CCCN2)c1. The summed E-state index contributed by atoms with van der Waals surface area (Å²) >= 11 is 0. The summed E-state index contributed by atoms with van der Waals surface area (Å²) in [5.74, 6) is -0.596. The van der Waals surface area contributed by atoms with Gasteiger partial charge in [0.15, 0.2) is 0 Å². The summed E-state index contributed by atoms with van der Waals surface area (Å²) in [6.45, 7) is 1.65. The van der Waals surface area contributed by atoms with Gasteiger partial charge in [-0.05, 0) is 25.5 Å². The number of nitrogens with zero attached hydrogens (tertiary/aromatic N) is 1. The lowest BCUT2D eigenvalue weighted by atomic mass is 10.2. The Kier molecular flexibility index (Phi) is 3.53. The molecule has 1 saturated heterocycles. The molecule has 0 saturated carbocycles. The van der Waals surface area contributed by atoms with Crippen LogP contribution >= 0.6 is 0 Å². The van der Waals surface area contributed by atoms with Gasteiger partial charge in [0.1, 0.15) is 5.82 Å². The zero-order valence-corrected chi connectivity index (χ0v) is 9.28. The van der Waals surface area contributed by atoms with Crippen LogP contribution in [0.15, 0.2) is 18.2 Å². The van der Waals surface area contributed by atoms with Crippen molar-refractivity contribution < 1.29 is 9.31 Å². The summed E-state index contributed by atoms with van der Waals surface area (Å²) in [7, 11) is 0. The summed E-state index contributed by atoms with van der Waals surface area (Å²) < 4.78 is 13.1. The van der Waals surface area contributed by atoms with E-state index in [0.29, 0.717) is 18.3 Å². The van der Waals surface area contributed by atoms with Gasteiger partial charge in [0.2, 0.25) is 0 Å². The summed E-state index contributed by atoms with van der Waals surface area (Å²) in [4.78, 5) is 9.97. The van der Waals surface area contributed by atoms with Crippen molar-refractivity contribution in [3.05, 3.63) is 34.1 Å². The molecule has 1 aliphatic heterocycles. The monoisotopic (exact) mass is 239 g/mol. The van der Waals surface area contributed by atoms with Crippen LogP contribution in [-0.4, -0.2) is 24.1 Å². The maximum Gasteiger partial charge on any atom is 0.274 e. The van der Waals surface area contributed by atoms with Gasteiger partial charge in [0.25, 0.3) is 5.69 Å². The third-order valence-corrected chi connectivity index (χ3v) is 2.81. The lowest BCUT2D eigenvalue weighted by Crippen LogP contribution is -2.29. The van der Waals surface area contributed by atoms with E-state index in [0.717, 1.165) is 25.5 Å². The van der Waals surface area contributed by atoms with Gasteiger partial charge < -0.3 is 10.6 Å². The molecule has 1 unspecified atom stereocenters. The second-order valence-electron chi connectivity index (χ2n) is 4.13. The minimum Gasteiger partial charge on any atom is -0.383 e. The molecule has 0 radical (unpaired) electrons. The highest BCUT2D eigenvalue weighted by Gasteiger charge is 2.14. The predicted molar refractivity (Wildman–Crippen MR) is 62.6 cm³/mol. The van der Waals surface area contributed by atoms with E-state index in [-0.39, 0.29) is 5.69 Å². The van der Waals surface area contributed by atoms with Crippen molar-refractivity contribution in [2.75, 3.05) is 18.4 Å². The average Bonchev–Trinajstić information content (AvgIpc) is 2.78. The first-order valence-corrected chi connectivity index (χ1v) is 5.57. The van der Waals surface area contributed by atoms with Crippen LogP contribution in [0.4, 0.5) is 15.8 Å². The zero-order chi connectivity index (χ0) is 12.3. The van der Waals surface area contributed by atoms with Crippen LogP contribution in [0.5, 0.6) is 0 Å². The van der Waals surface area contributed by atoms with Gasteiger partial charge in [-0.3, -0.25) is 10.1 Å². The number of nitrogens with one attached hydrogen (secondary N) is 2. The van der Waals surface area contributed by atoms with Gasteiger partial charge in [-0.15, -0.1) is 0 Å². The molecule has 92 valence electrons. The first-order chi connectivity index (χ1) is 8.15. The number of benzene rings is 1. The normalized spacial score (nSPS) is 19.2. The Balaban J connectivity index is 2.01. The molecule has 1 atom stereocenters. The van der Waals surface area contributed by atoms with Crippen LogP contribution in [-0.2, 0) is 0 Å². The molecule has 5 nitrogen and oxygen atoms in total. The molecule has 0 amide bonds. The number of hydrogen-bond acceptors (Lipinski definition) is 4. The first-order valence-electron chi connectivity index (χ1n) is 5.57. The fourth-order valence-electron chi connectivity index (χ4n) is 1.95. The lowest BCUT2D eigenvalue weighted by Gasteiger charge is -2.12. The second kappa shape index (κ2) is 5.09. The van der Waals surface area contributed by atoms with Gasteiger partial charge in [-0.25, -0.2) is 4.39 Å². The first kappa shape index (κ1) is 11.8. The van der Waals surface area contributed by atoms with Crippen LogP contribution in [0.1, 0.15) is 12.8 Å². The molecular weight excluding hydrogens is 225 g/mol. The van der Waals surface area contributed by atoms with Crippen LogP contribution < -0.4 is 10.6 Å². The molecule has 17 heavy (non-hydrogen) atoms. The Hall–Kier alpha value is -1.69. The number of rotatable bonds is 4. The minimum absolute atomic E-state index is 0.230. The Labute approximate surface area is 98.2 Å². The minimum atomic E-state index is -0.596. The van der Waals surface area contributed by atoms with E-state index in [9.17, 15) is 14.5 Å². The van der Waals surface area contributed by atoms with Crippen LogP contribution in [0.3, 0.4) is 0 Å². The number of hydrogen-bond donors (Lipinski definition) is 2. The van der Waals surface area contributed by atoms with Crippen molar-refractivity contribution in [3.63, 3.8) is 0 Å². The topological polar surface area (TPSA) is 67.2 Å². The molecule has 6 heteroatoms. The van der Waals surface area contributed by atoms with Crippen LogP contribution in [0, 0.1) is 15.9 Å². The number of nitro groups is 1. The Morgan fingerprint density at radius 2 is 2.35 bits per heavy atom. The molecule has 1 heterocycles. The van der Waals surface area contributed by atoms with E-state index in [1.807, 2.05) is 0 Å². The lowest BCUT2D eigenvalue weighted by molar-refractivity contribution is -0.385. The van der Waals surface area contributed by atoms with Crippen molar-refractivity contribution in [1.29, 1.82) is 0 Å². The third kappa shape index (κ3) is 3.13. The molecule has 0 aromatic heterocycles. The van der Waals surface area contributed by atoms with Gasteiger partial charge in [-0.1, -0.05) is 0 Å². The molecule has 1 fully saturated rings. The molecule has 2 rings (SSSR count). The highest BCUT2D eigenvalue weighted by atomic mass is 19.1. The highest BCUT2D eigenvalue weighted by molar-refractivity contribution is 5.51. The third-order valence-electron chi connectivity index (χ3n) is 2.81. The number of anilines is 1. The van der Waals surface area contributed by atoms with Crippen molar-refractivity contribution in [2.24, 2.45) is 0 Å². The largest absolute Gasteiger partial charge is 0.383 e. The number of nitro benzene ring substituents is 1. The number of non-ortho nitro benzene ring substituents is 1. The molecule has 0 aliphatic carbocycles. The van der Waals surface area contributed by atoms with Crippen molar-refractivity contribution >= 4 is 11.4 Å². The smallest absolute Gasteiger partial charge is 0.274 e. The predicted octanol–water partition coefficient (Wildman–Crippen LogP) is 1.90. The summed E-state index contributed by atoms with van der Waals surface area (Å²) in [5, 5.41) is 16.9. The van der Waals surface area contributed by atoms with Crippen molar-refractivity contribution in [1.82, 2.24) is 5.32 Å². The zero-order valence-electron chi connectivity index (χ0n) is 9.28. The second-order valence-corrected chi connectivity index (χ2v) is 4.13. The van der Waals surface area contributed by atoms with Gasteiger partial charge in [0, 0.05) is 24.3 Å². The standard InChI is InChI=1S/C11H14FN3O2/c12-8-4-10(6-11(5-8)15(16)17)14-7-9-2-1-3-13-9/h4-6,9,13-14H,1-3,7H2. The van der Waals surface area contributed by atoms with Gasteiger partial charge in [0.05, 0.1) is 11.0 Å². The Morgan fingerprint density at radius 1 is 1.53 bits per heavy atom. The van der Waals surface area contributed by atoms with Crippen molar-refractivity contribution in [2.45, 2.75) is 18.9 Å². The maximum absolute atomic E-state index is 13.1. The molecule has 1 aliphatic rings. The van der Waals surface area contributed by atoms with Gasteiger partial charge in [-0.2, -0.15) is 0 Å². The molecule has 1 aromatic rings. The average molecular weight is 239 g/mol. The van der Waals surface area contributed by atoms with E-state index in [2.05, 4.69) is 10.6 Å². The molecule has 0 spiro atoms. The van der Waals surface area contributed by atoms with Crippen LogP contribution in [0.25, 0.3) is 0 Å². The summed E-state index contributed by atoms with van der Waals surface area (Å²) in [6, 6.07) is 3.89. The van der Waals surface area contributed by atoms with Gasteiger partial charge >= 0.3 is 0 Å². The molecule has 2 N–H and O–H groups in total. The van der Waals surface area contributed by atoms with Crippen molar-refractivity contribution in [3.8, 4) is 0 Å². The van der Waals surface area contributed by atoms with E-state index in [4.69, 9.17) is 0 Å². The highest BCUT2D eigenvalue weighted by Crippen LogP contribution is 2.20. The molecular formula is C11H14FN3O2. The summed E-state index contributed by atoms with van der Waals surface area (Å²) in [6.07, 6.45) is 2.21. The van der Waals surface area contributed by atoms with E-state index >= 15 is 0 Å². The molecule has 0 bridgehead atoms.